The number of nitrogens with one attached hydrogen (secondary N) is 1. The fourth-order valence-electron chi connectivity index (χ4n) is 2.28. The molecule has 0 atom stereocenters. The summed E-state index contributed by atoms with van der Waals surface area (Å²) >= 11 is 0. The quantitative estimate of drug-likeness (QED) is 0.392. The Kier molecular flexibility index (Phi) is 4.83. The molecule has 132 valence electrons. The van der Waals surface area contributed by atoms with E-state index in [0.717, 1.165) is 23.3 Å². The normalized spacial score (nSPS) is 11.1. The first-order chi connectivity index (χ1) is 12.5. The highest BCUT2D eigenvalue weighted by molar-refractivity contribution is 5.86. The predicted octanol–water partition coefficient (Wildman–Crippen LogP) is 1.59. The minimum atomic E-state index is -0.586. The lowest BCUT2D eigenvalue weighted by atomic mass is 10.2. The summed E-state index contributed by atoms with van der Waals surface area (Å²) in [7, 11) is 0. The lowest BCUT2D eigenvalue weighted by Crippen LogP contribution is -2.19. The molecule has 2 N–H and O–H groups in total. The molecule has 1 amide bonds. The molecule has 1 heterocycles. The molecular formula is C16H14N6O4. The SMILES string of the molecule is O=C(CCn1nnc2ccccc21)N/N=C/c1cc([N+](=O)[O-])ccc1O. The van der Waals surface area contributed by atoms with Crippen molar-refractivity contribution in [3.8, 4) is 5.75 Å². The second-order valence-corrected chi connectivity index (χ2v) is 5.34. The molecule has 26 heavy (non-hydrogen) atoms. The van der Waals surface area contributed by atoms with Crippen LogP contribution >= 0.6 is 0 Å². The maximum absolute atomic E-state index is 11.9. The summed E-state index contributed by atoms with van der Waals surface area (Å²) in [5.74, 6) is -0.548. The number of phenolic OH excluding ortho intramolecular Hbond substituents is 1. The Labute approximate surface area is 146 Å². The smallest absolute Gasteiger partial charge is 0.270 e. The molecule has 10 heteroatoms. The first kappa shape index (κ1) is 17.0. The first-order valence-corrected chi connectivity index (χ1v) is 7.62. The van der Waals surface area contributed by atoms with Crippen LogP contribution in [0.5, 0.6) is 5.75 Å². The highest BCUT2D eigenvalue weighted by atomic mass is 16.6. The number of nitrogens with zero attached hydrogens (tertiary/aromatic N) is 5. The minimum absolute atomic E-state index is 0.117. The van der Waals surface area contributed by atoms with Crippen LogP contribution in [0.2, 0.25) is 0 Å². The molecule has 0 aliphatic heterocycles. The zero-order valence-corrected chi connectivity index (χ0v) is 13.4. The van der Waals surface area contributed by atoms with Crippen LogP contribution in [0.4, 0.5) is 5.69 Å². The lowest BCUT2D eigenvalue weighted by Gasteiger charge is -2.02. The number of hydrogen-bond donors (Lipinski definition) is 2. The number of carbonyl (C=O) groups is 1. The molecular weight excluding hydrogens is 340 g/mol. The van der Waals surface area contributed by atoms with Crippen molar-refractivity contribution >= 4 is 28.8 Å². The van der Waals surface area contributed by atoms with E-state index in [9.17, 15) is 20.0 Å². The van der Waals surface area contributed by atoms with Crippen molar-refractivity contribution in [3.63, 3.8) is 0 Å². The van der Waals surface area contributed by atoms with Crippen molar-refractivity contribution in [2.75, 3.05) is 0 Å². The van der Waals surface area contributed by atoms with Crippen LogP contribution in [-0.2, 0) is 11.3 Å². The number of hydrogen-bond acceptors (Lipinski definition) is 7. The number of aromatic hydroxyl groups is 1. The number of carbonyl (C=O) groups excluding carboxylic acids is 1. The number of para-hydroxylation sites is 1. The van der Waals surface area contributed by atoms with Crippen LogP contribution in [0.25, 0.3) is 11.0 Å². The maximum Gasteiger partial charge on any atom is 0.270 e. The van der Waals surface area contributed by atoms with Gasteiger partial charge in [0.15, 0.2) is 0 Å². The monoisotopic (exact) mass is 354 g/mol. The Morgan fingerprint density at radius 3 is 2.96 bits per heavy atom. The number of hydrazone groups is 1. The van der Waals surface area contributed by atoms with E-state index in [1.165, 1.54) is 12.1 Å². The van der Waals surface area contributed by atoms with Crippen molar-refractivity contribution in [3.05, 3.63) is 58.1 Å². The van der Waals surface area contributed by atoms with E-state index in [2.05, 4.69) is 20.8 Å². The van der Waals surface area contributed by atoms with Gasteiger partial charge in [-0.25, -0.2) is 10.1 Å². The van der Waals surface area contributed by atoms with Crippen molar-refractivity contribution in [1.29, 1.82) is 0 Å². The second-order valence-electron chi connectivity index (χ2n) is 5.34. The number of aryl methyl sites for hydroxylation is 1. The van der Waals surface area contributed by atoms with Crippen molar-refractivity contribution in [2.24, 2.45) is 5.10 Å². The maximum atomic E-state index is 11.9. The van der Waals surface area contributed by atoms with Gasteiger partial charge in [-0.05, 0) is 18.2 Å². The molecule has 0 bridgehead atoms. The van der Waals surface area contributed by atoms with Gasteiger partial charge in [-0.1, -0.05) is 17.3 Å². The molecule has 0 fully saturated rings. The number of benzene rings is 2. The van der Waals surface area contributed by atoms with E-state index < -0.39 is 4.92 Å². The molecule has 1 aromatic heterocycles. The third-order valence-electron chi connectivity index (χ3n) is 3.59. The molecule has 0 radical (unpaired) electrons. The summed E-state index contributed by atoms with van der Waals surface area (Å²) in [6, 6.07) is 10.9. The number of amides is 1. The third-order valence-corrected chi connectivity index (χ3v) is 3.59. The number of rotatable bonds is 6. The predicted molar refractivity (Wildman–Crippen MR) is 92.6 cm³/mol. The van der Waals surface area contributed by atoms with Gasteiger partial charge in [0.05, 0.1) is 23.2 Å². The van der Waals surface area contributed by atoms with Gasteiger partial charge in [0.25, 0.3) is 5.69 Å². The zero-order valence-electron chi connectivity index (χ0n) is 13.4. The van der Waals surface area contributed by atoms with E-state index in [0.29, 0.717) is 6.54 Å². The molecule has 0 aliphatic rings. The van der Waals surface area contributed by atoms with E-state index in [4.69, 9.17) is 0 Å². The minimum Gasteiger partial charge on any atom is -0.507 e. The van der Waals surface area contributed by atoms with Gasteiger partial charge in [0.1, 0.15) is 11.3 Å². The number of aromatic nitrogens is 3. The first-order valence-electron chi connectivity index (χ1n) is 7.62. The molecule has 0 aliphatic carbocycles. The number of non-ortho nitro benzene ring substituents is 1. The van der Waals surface area contributed by atoms with Gasteiger partial charge in [0, 0.05) is 24.1 Å². The summed E-state index contributed by atoms with van der Waals surface area (Å²) in [4.78, 5) is 22.0. The van der Waals surface area contributed by atoms with Crippen LogP contribution in [0, 0.1) is 10.1 Å². The highest BCUT2D eigenvalue weighted by Gasteiger charge is 2.09. The van der Waals surface area contributed by atoms with Crippen LogP contribution in [0.1, 0.15) is 12.0 Å². The van der Waals surface area contributed by atoms with E-state index in [1.54, 1.807) is 4.68 Å². The third kappa shape index (κ3) is 3.80. The van der Waals surface area contributed by atoms with Gasteiger partial charge in [-0.3, -0.25) is 14.9 Å². The molecule has 3 rings (SSSR count). The van der Waals surface area contributed by atoms with Crippen molar-refractivity contribution in [2.45, 2.75) is 13.0 Å². The molecule has 0 unspecified atom stereocenters. The average molecular weight is 354 g/mol. The lowest BCUT2D eigenvalue weighted by molar-refractivity contribution is -0.384. The highest BCUT2D eigenvalue weighted by Crippen LogP contribution is 2.21. The Bertz CT molecular complexity index is 997. The summed E-state index contributed by atoms with van der Waals surface area (Å²) in [6.45, 7) is 0.323. The van der Waals surface area contributed by atoms with Gasteiger partial charge in [-0.15, -0.1) is 5.10 Å². The number of nitro groups is 1. The Morgan fingerprint density at radius 1 is 1.35 bits per heavy atom. The number of nitro benzene ring substituents is 1. The summed E-state index contributed by atoms with van der Waals surface area (Å²) in [6.07, 6.45) is 1.26. The Morgan fingerprint density at radius 2 is 2.15 bits per heavy atom. The fraction of sp³-hybridized carbons (Fsp3) is 0.125. The summed E-state index contributed by atoms with van der Waals surface area (Å²) in [5.41, 5.74) is 3.81. The molecule has 0 saturated heterocycles. The van der Waals surface area contributed by atoms with E-state index in [1.807, 2.05) is 24.3 Å². The van der Waals surface area contributed by atoms with Gasteiger partial charge < -0.3 is 5.11 Å². The Hall–Kier alpha value is -3.82. The summed E-state index contributed by atoms with van der Waals surface area (Å²) in [5, 5.41) is 32.1. The average Bonchev–Trinajstić information content (AvgIpc) is 3.04. The molecule has 10 nitrogen and oxygen atoms in total. The van der Waals surface area contributed by atoms with Crippen molar-refractivity contribution in [1.82, 2.24) is 20.4 Å². The second kappa shape index (κ2) is 7.38. The standard InChI is InChI=1S/C16H14N6O4/c23-15-6-5-12(22(25)26)9-11(15)10-17-19-16(24)7-8-21-14-4-2-1-3-13(14)18-20-21/h1-6,9-10,23H,7-8H2,(H,19,24)/b17-10+. The fourth-order valence-corrected chi connectivity index (χ4v) is 2.28. The van der Waals surface area contributed by atoms with Crippen LogP contribution < -0.4 is 5.43 Å². The van der Waals surface area contributed by atoms with Crippen LogP contribution in [0.3, 0.4) is 0 Å². The topological polar surface area (TPSA) is 136 Å². The molecule has 0 spiro atoms. The molecule has 3 aromatic rings. The summed E-state index contributed by atoms with van der Waals surface area (Å²) < 4.78 is 1.62. The number of phenols is 1. The van der Waals surface area contributed by atoms with Gasteiger partial charge in [-0.2, -0.15) is 5.10 Å². The largest absolute Gasteiger partial charge is 0.507 e. The van der Waals surface area contributed by atoms with Crippen LogP contribution in [-0.4, -0.2) is 37.1 Å². The Balaban J connectivity index is 1.58. The van der Waals surface area contributed by atoms with Gasteiger partial charge in [0.2, 0.25) is 5.91 Å². The zero-order chi connectivity index (χ0) is 18.5. The van der Waals surface area contributed by atoms with E-state index in [-0.39, 0.29) is 29.3 Å². The molecule has 0 saturated carbocycles. The van der Waals surface area contributed by atoms with Crippen molar-refractivity contribution < 1.29 is 14.8 Å². The van der Waals surface area contributed by atoms with E-state index >= 15 is 0 Å². The molecule has 2 aromatic carbocycles. The van der Waals surface area contributed by atoms with Crippen LogP contribution in [0.15, 0.2) is 47.6 Å². The van der Waals surface area contributed by atoms with Gasteiger partial charge >= 0.3 is 0 Å². The number of fused-ring (bicyclic) bond motifs is 1.